The number of anilines is 1. The van der Waals surface area contributed by atoms with E-state index >= 15 is 0 Å². The van der Waals surface area contributed by atoms with Crippen LogP contribution in [0.15, 0.2) is 45.7 Å². The van der Waals surface area contributed by atoms with E-state index in [1.165, 1.54) is 28.4 Å². The second-order valence-electron chi connectivity index (χ2n) is 7.02. The average molecular weight is 544 g/mol. The Morgan fingerprint density at radius 2 is 2.33 bits per heavy atom. The standard InChI is InChI=1S/C21H17N7O5S3/c1-2-7-33-26-13(16-25-21(22)36-27-16)17(29)24-14-18(30)28-15(20(31)32)12(10-35-19(14)28)34-8-5-11-4-3-6-23-9-11/h1,3-6,8-9,14,19H,7,10H2,(H,24,29)(H,31,32)(H2,22,25,27)/t14?,19-/m0/s1. The number of aromatic nitrogens is 3. The predicted octanol–water partition coefficient (Wildman–Crippen LogP) is 0.969. The molecule has 1 unspecified atom stereocenters. The molecule has 12 nitrogen and oxygen atoms in total. The van der Waals surface area contributed by atoms with Crippen LogP contribution >= 0.6 is 35.1 Å². The van der Waals surface area contributed by atoms with Gasteiger partial charge in [-0.1, -0.05) is 28.9 Å². The van der Waals surface area contributed by atoms with Gasteiger partial charge in [0.25, 0.3) is 11.8 Å². The highest BCUT2D eigenvalue weighted by Crippen LogP contribution is 2.43. The fraction of sp³-hybridized carbons (Fsp3) is 0.190. The van der Waals surface area contributed by atoms with Gasteiger partial charge in [0.15, 0.2) is 11.7 Å². The number of rotatable bonds is 9. The molecule has 2 aliphatic rings. The number of amides is 2. The van der Waals surface area contributed by atoms with Crippen molar-refractivity contribution in [1.82, 2.24) is 24.6 Å². The Hall–Kier alpha value is -3.87. The normalized spacial score (nSPS) is 19.5. The van der Waals surface area contributed by atoms with E-state index in [-0.39, 0.29) is 29.0 Å². The van der Waals surface area contributed by atoms with Crippen molar-refractivity contribution in [3.8, 4) is 12.3 Å². The molecule has 2 atom stereocenters. The molecular formula is C21H17N7O5S3. The van der Waals surface area contributed by atoms with Crippen LogP contribution in [0.2, 0.25) is 0 Å². The number of nitrogens with two attached hydrogens (primary N) is 1. The molecule has 0 saturated carbocycles. The van der Waals surface area contributed by atoms with Crippen molar-refractivity contribution in [3.05, 3.63) is 51.9 Å². The van der Waals surface area contributed by atoms with E-state index < -0.39 is 29.2 Å². The van der Waals surface area contributed by atoms with Gasteiger partial charge in [0.2, 0.25) is 11.5 Å². The average Bonchev–Trinajstić information content (AvgIpc) is 3.30. The summed E-state index contributed by atoms with van der Waals surface area (Å²) in [5.74, 6) is -0.130. The minimum absolute atomic E-state index is 0.0860. The molecule has 4 heterocycles. The smallest absolute Gasteiger partial charge is 0.353 e. The first-order valence-corrected chi connectivity index (χ1v) is 12.8. The van der Waals surface area contributed by atoms with Crippen LogP contribution in [-0.2, 0) is 19.2 Å². The molecule has 2 aromatic heterocycles. The zero-order valence-corrected chi connectivity index (χ0v) is 20.7. The van der Waals surface area contributed by atoms with Crippen LogP contribution in [0.25, 0.3) is 6.08 Å². The van der Waals surface area contributed by atoms with Crippen LogP contribution in [0.5, 0.6) is 0 Å². The third kappa shape index (κ3) is 5.35. The zero-order valence-electron chi connectivity index (χ0n) is 18.2. The Kier molecular flexibility index (Phi) is 7.88. The molecule has 0 bridgehead atoms. The maximum Gasteiger partial charge on any atom is 0.353 e. The maximum atomic E-state index is 12.9. The summed E-state index contributed by atoms with van der Waals surface area (Å²) < 4.78 is 3.95. The number of nitrogen functional groups attached to an aromatic ring is 1. The molecule has 184 valence electrons. The Bertz CT molecular complexity index is 1320. The van der Waals surface area contributed by atoms with Gasteiger partial charge >= 0.3 is 5.97 Å². The minimum Gasteiger partial charge on any atom is -0.477 e. The molecule has 1 saturated heterocycles. The highest BCUT2D eigenvalue weighted by atomic mass is 32.2. The van der Waals surface area contributed by atoms with Crippen LogP contribution < -0.4 is 11.1 Å². The highest BCUT2D eigenvalue weighted by Gasteiger charge is 2.54. The molecule has 2 aromatic rings. The van der Waals surface area contributed by atoms with Gasteiger partial charge in [-0.25, -0.2) is 4.79 Å². The molecule has 2 amide bonds. The number of nitrogens with zero attached hydrogens (tertiary/aromatic N) is 5. The number of carbonyl (C=O) groups excluding carboxylic acids is 2. The van der Waals surface area contributed by atoms with Crippen molar-refractivity contribution in [2.75, 3.05) is 18.1 Å². The topological polar surface area (TPSA) is 173 Å². The van der Waals surface area contributed by atoms with Crippen LogP contribution in [0.3, 0.4) is 0 Å². The quantitative estimate of drug-likeness (QED) is 0.135. The number of carboxylic acid groups (broad SMARTS) is 1. The van der Waals surface area contributed by atoms with Gasteiger partial charge in [-0.05, 0) is 23.1 Å². The highest BCUT2D eigenvalue weighted by molar-refractivity contribution is 8.08. The lowest BCUT2D eigenvalue weighted by atomic mass is 10.0. The number of β-lactam (4-membered cyclic amide) rings is 1. The number of hydrogen-bond donors (Lipinski definition) is 3. The summed E-state index contributed by atoms with van der Waals surface area (Å²) in [6, 6.07) is 2.67. The van der Waals surface area contributed by atoms with E-state index in [1.54, 1.807) is 29.9 Å². The fourth-order valence-electron chi connectivity index (χ4n) is 3.21. The van der Waals surface area contributed by atoms with Gasteiger partial charge in [-0.15, -0.1) is 18.2 Å². The van der Waals surface area contributed by atoms with Crippen molar-refractivity contribution < 1.29 is 24.3 Å². The fourth-order valence-corrected chi connectivity index (χ4v) is 6.00. The van der Waals surface area contributed by atoms with Crippen molar-refractivity contribution in [3.63, 3.8) is 0 Å². The lowest BCUT2D eigenvalue weighted by Crippen LogP contribution is -2.71. The van der Waals surface area contributed by atoms with Crippen molar-refractivity contribution in [2.45, 2.75) is 11.4 Å². The number of fused-ring (bicyclic) bond motifs is 1. The summed E-state index contributed by atoms with van der Waals surface area (Å²) in [6.07, 6.45) is 10.3. The van der Waals surface area contributed by atoms with Crippen LogP contribution in [-0.4, -0.2) is 71.6 Å². The van der Waals surface area contributed by atoms with E-state index in [4.69, 9.17) is 17.0 Å². The van der Waals surface area contributed by atoms with E-state index in [1.807, 2.05) is 6.07 Å². The van der Waals surface area contributed by atoms with Crippen LogP contribution in [0.4, 0.5) is 5.13 Å². The summed E-state index contributed by atoms with van der Waals surface area (Å²) in [5.41, 5.74) is 6.02. The number of thioether (sulfide) groups is 2. The Balaban J connectivity index is 1.49. The summed E-state index contributed by atoms with van der Waals surface area (Å²) in [6.45, 7) is -0.201. The van der Waals surface area contributed by atoms with Gasteiger partial charge in [0, 0.05) is 34.6 Å². The van der Waals surface area contributed by atoms with E-state index in [2.05, 4.69) is 30.7 Å². The van der Waals surface area contributed by atoms with Gasteiger partial charge < -0.3 is 21.0 Å². The third-order valence-corrected chi connectivity index (χ3v) is 7.65. The first kappa shape index (κ1) is 25.2. The summed E-state index contributed by atoms with van der Waals surface area (Å²) in [5, 5.41) is 17.3. The van der Waals surface area contributed by atoms with E-state index in [9.17, 15) is 19.5 Å². The van der Waals surface area contributed by atoms with Crippen molar-refractivity contribution >= 4 is 69.8 Å². The zero-order chi connectivity index (χ0) is 25.7. The summed E-state index contributed by atoms with van der Waals surface area (Å²) in [4.78, 5) is 52.4. The van der Waals surface area contributed by atoms with Crippen LogP contribution in [0, 0.1) is 12.3 Å². The van der Waals surface area contributed by atoms with Gasteiger partial charge in [-0.2, -0.15) is 9.36 Å². The van der Waals surface area contributed by atoms with Crippen molar-refractivity contribution in [1.29, 1.82) is 0 Å². The molecule has 1 fully saturated rings. The number of carbonyl (C=O) groups is 3. The number of carboxylic acids is 1. The number of pyridine rings is 1. The monoisotopic (exact) mass is 543 g/mol. The molecular weight excluding hydrogens is 526 g/mol. The van der Waals surface area contributed by atoms with Gasteiger partial charge in [0.05, 0.1) is 0 Å². The molecule has 0 aliphatic carbocycles. The first-order chi connectivity index (χ1) is 17.4. The lowest BCUT2D eigenvalue weighted by molar-refractivity contribution is -0.150. The molecule has 4 rings (SSSR count). The maximum absolute atomic E-state index is 12.9. The Morgan fingerprint density at radius 1 is 1.50 bits per heavy atom. The number of nitrogens with one attached hydrogen (secondary N) is 1. The molecule has 36 heavy (non-hydrogen) atoms. The Labute approximate surface area is 217 Å². The summed E-state index contributed by atoms with van der Waals surface area (Å²) >= 11 is 3.39. The third-order valence-electron chi connectivity index (χ3n) is 4.75. The SMILES string of the molecule is C#CCON=C(C(=O)NC1C(=O)N2C(C(=O)O)=C(SC=Cc3cccnc3)CS[C@@H]12)c1nsc(N)n1. The number of terminal acetylenes is 1. The molecule has 0 aromatic carbocycles. The first-order valence-electron chi connectivity index (χ1n) is 10.1. The summed E-state index contributed by atoms with van der Waals surface area (Å²) in [7, 11) is 0. The minimum atomic E-state index is -1.23. The predicted molar refractivity (Wildman–Crippen MR) is 136 cm³/mol. The molecule has 2 aliphatic heterocycles. The lowest BCUT2D eigenvalue weighted by Gasteiger charge is -2.49. The molecule has 0 spiro atoms. The van der Waals surface area contributed by atoms with Crippen LogP contribution in [0.1, 0.15) is 11.4 Å². The largest absolute Gasteiger partial charge is 0.477 e. The molecule has 15 heteroatoms. The van der Waals surface area contributed by atoms with Gasteiger partial charge in [-0.3, -0.25) is 19.5 Å². The van der Waals surface area contributed by atoms with E-state index in [0.29, 0.717) is 10.7 Å². The number of aliphatic carboxylic acids is 1. The van der Waals surface area contributed by atoms with Gasteiger partial charge in [0.1, 0.15) is 17.1 Å². The Morgan fingerprint density at radius 3 is 3.00 bits per heavy atom. The molecule has 4 N–H and O–H groups in total. The number of hydrogen-bond acceptors (Lipinski definition) is 12. The second kappa shape index (κ2) is 11.2. The molecule has 0 radical (unpaired) electrons. The second-order valence-corrected chi connectivity index (χ2v) is 9.91. The number of oxime groups is 1. The van der Waals surface area contributed by atoms with E-state index in [0.717, 1.165) is 17.1 Å². The van der Waals surface area contributed by atoms with Crippen molar-refractivity contribution in [2.24, 2.45) is 5.16 Å².